The van der Waals surface area contributed by atoms with E-state index in [-0.39, 0.29) is 5.92 Å². The average Bonchev–Trinajstić information content (AvgIpc) is 2.41. The summed E-state index contributed by atoms with van der Waals surface area (Å²) in [5.41, 5.74) is 0. The van der Waals surface area contributed by atoms with Gasteiger partial charge in [0, 0.05) is 0 Å². The Kier molecular flexibility index (Phi) is 3.47. The Morgan fingerprint density at radius 3 is 1.50 bits per heavy atom. The molecule has 0 aliphatic rings. The van der Waals surface area contributed by atoms with E-state index in [1.807, 2.05) is 0 Å². The van der Waals surface area contributed by atoms with Crippen molar-refractivity contribution >= 4 is 27.5 Å². The number of carboxylic acids is 1. The van der Waals surface area contributed by atoms with Crippen LogP contribution in [-0.2, 0) is 4.79 Å². The second kappa shape index (κ2) is 5.05. The predicted octanol–water partition coefficient (Wildman–Crippen LogP) is 4.16. The predicted molar refractivity (Wildman–Crippen MR) is 75.1 cm³/mol. The van der Waals surface area contributed by atoms with Gasteiger partial charge in [-0.05, 0) is 21.5 Å². The molecule has 0 aliphatic heterocycles. The summed E-state index contributed by atoms with van der Waals surface area (Å²) in [6.45, 7) is 3.28. The van der Waals surface area contributed by atoms with Gasteiger partial charge in [0.15, 0.2) is 0 Å². The number of carbonyl (C=O) groups is 1. The van der Waals surface area contributed by atoms with Crippen LogP contribution >= 0.6 is 0 Å². The van der Waals surface area contributed by atoms with Crippen LogP contribution in [0.25, 0.3) is 21.5 Å². The maximum absolute atomic E-state index is 9.70. The van der Waals surface area contributed by atoms with E-state index in [4.69, 9.17) is 5.11 Å². The lowest BCUT2D eigenvalue weighted by molar-refractivity contribution is -0.140. The highest BCUT2D eigenvalue weighted by atomic mass is 16.4. The van der Waals surface area contributed by atoms with Crippen LogP contribution < -0.4 is 0 Å². The molecule has 0 aromatic heterocycles. The average molecular weight is 240 g/mol. The van der Waals surface area contributed by atoms with E-state index in [2.05, 4.69) is 48.5 Å². The number of hydrogen-bond acceptors (Lipinski definition) is 1. The zero-order valence-electron chi connectivity index (χ0n) is 10.6. The maximum atomic E-state index is 9.70. The van der Waals surface area contributed by atoms with Crippen LogP contribution in [0.3, 0.4) is 0 Å². The molecule has 2 heteroatoms. The summed E-state index contributed by atoms with van der Waals surface area (Å²) < 4.78 is 0. The summed E-state index contributed by atoms with van der Waals surface area (Å²) in [4.78, 5) is 9.70. The van der Waals surface area contributed by atoms with Crippen LogP contribution in [0, 0.1) is 5.92 Å². The first kappa shape index (κ1) is 12.4. The molecule has 0 amide bonds. The van der Waals surface area contributed by atoms with E-state index < -0.39 is 5.97 Å². The normalized spacial score (nSPS) is 10.6. The molecule has 0 saturated carbocycles. The van der Waals surface area contributed by atoms with Crippen molar-refractivity contribution < 1.29 is 9.90 Å². The highest BCUT2D eigenvalue weighted by molar-refractivity contribution is 6.09. The highest BCUT2D eigenvalue weighted by Crippen LogP contribution is 2.26. The molecule has 18 heavy (non-hydrogen) atoms. The standard InChI is InChI=1S/C12H8.C4H8O2/c1-2-4-12-10-7-5-9(6-8-10)11(12)3-1;1-3(2)4(5)6/h1-8H;3H,1-2H3,(H,5,6). The van der Waals surface area contributed by atoms with Gasteiger partial charge in [0.05, 0.1) is 5.92 Å². The van der Waals surface area contributed by atoms with Crippen LogP contribution in [-0.4, -0.2) is 11.1 Å². The molecule has 4 aromatic carbocycles. The van der Waals surface area contributed by atoms with Crippen molar-refractivity contribution in [2.24, 2.45) is 5.92 Å². The van der Waals surface area contributed by atoms with E-state index in [1.54, 1.807) is 13.8 Å². The van der Waals surface area contributed by atoms with Gasteiger partial charge in [-0.2, -0.15) is 0 Å². The van der Waals surface area contributed by atoms with Gasteiger partial charge in [0.1, 0.15) is 0 Å². The molecule has 4 aromatic rings. The van der Waals surface area contributed by atoms with Gasteiger partial charge in [0.2, 0.25) is 0 Å². The minimum atomic E-state index is -0.741. The topological polar surface area (TPSA) is 37.3 Å². The van der Waals surface area contributed by atoms with Crippen LogP contribution in [0.5, 0.6) is 0 Å². The van der Waals surface area contributed by atoms with Gasteiger partial charge in [-0.15, -0.1) is 0 Å². The van der Waals surface area contributed by atoms with Crippen LogP contribution in [0.2, 0.25) is 0 Å². The zero-order chi connectivity index (χ0) is 13.1. The van der Waals surface area contributed by atoms with E-state index in [0.29, 0.717) is 0 Å². The largest absolute Gasteiger partial charge is 0.481 e. The van der Waals surface area contributed by atoms with E-state index in [0.717, 1.165) is 0 Å². The first-order valence-corrected chi connectivity index (χ1v) is 6.02. The minimum absolute atomic E-state index is 0.231. The molecule has 1 N–H and O–H groups in total. The molecule has 0 aliphatic carbocycles. The molecule has 2 bridgehead atoms. The first-order chi connectivity index (χ1) is 8.59. The van der Waals surface area contributed by atoms with E-state index >= 15 is 0 Å². The maximum Gasteiger partial charge on any atom is 0.305 e. The fourth-order valence-corrected chi connectivity index (χ4v) is 1.82. The van der Waals surface area contributed by atoms with Crippen LogP contribution in [0.1, 0.15) is 13.8 Å². The highest BCUT2D eigenvalue weighted by Gasteiger charge is 2.00. The lowest BCUT2D eigenvalue weighted by Crippen LogP contribution is -2.03. The second-order valence-electron chi connectivity index (χ2n) is 4.62. The van der Waals surface area contributed by atoms with Crippen molar-refractivity contribution in [2.75, 3.05) is 0 Å². The zero-order valence-corrected chi connectivity index (χ0v) is 10.6. The van der Waals surface area contributed by atoms with Crippen LogP contribution in [0.4, 0.5) is 0 Å². The molecular formula is C16H16O2. The number of rotatable bonds is 1. The third-order valence-electron chi connectivity index (χ3n) is 2.93. The molecule has 0 fully saturated rings. The molecular weight excluding hydrogens is 224 g/mol. The number of fused-ring (bicyclic) bond motifs is 2. The van der Waals surface area contributed by atoms with Crippen molar-refractivity contribution in [1.29, 1.82) is 0 Å². The van der Waals surface area contributed by atoms with Crippen molar-refractivity contribution in [1.82, 2.24) is 0 Å². The molecule has 0 atom stereocenters. The Bertz CT molecular complexity index is 587. The monoisotopic (exact) mass is 240 g/mol. The summed E-state index contributed by atoms with van der Waals surface area (Å²) >= 11 is 0. The molecule has 0 saturated heterocycles. The third kappa shape index (κ3) is 2.43. The Morgan fingerprint density at radius 1 is 0.889 bits per heavy atom. The Morgan fingerprint density at radius 2 is 1.22 bits per heavy atom. The smallest absolute Gasteiger partial charge is 0.305 e. The Balaban J connectivity index is 0.000000174. The van der Waals surface area contributed by atoms with Gasteiger partial charge in [-0.3, -0.25) is 4.79 Å². The van der Waals surface area contributed by atoms with Crippen molar-refractivity contribution in [3.05, 3.63) is 48.5 Å². The molecule has 4 rings (SSSR count). The van der Waals surface area contributed by atoms with Gasteiger partial charge >= 0.3 is 5.97 Å². The van der Waals surface area contributed by atoms with Gasteiger partial charge < -0.3 is 5.11 Å². The summed E-state index contributed by atoms with van der Waals surface area (Å²) in [7, 11) is 0. The van der Waals surface area contributed by atoms with Gasteiger partial charge in [-0.25, -0.2) is 0 Å². The fourth-order valence-electron chi connectivity index (χ4n) is 1.82. The summed E-state index contributed by atoms with van der Waals surface area (Å²) in [6.07, 6.45) is 0. The van der Waals surface area contributed by atoms with Crippen molar-refractivity contribution in [3.8, 4) is 0 Å². The SMILES string of the molecule is CC(C)C(=O)O.c1ccc2c3ccc(cc3)c2c1. The minimum Gasteiger partial charge on any atom is -0.481 e. The van der Waals surface area contributed by atoms with Gasteiger partial charge in [-0.1, -0.05) is 62.4 Å². The summed E-state index contributed by atoms with van der Waals surface area (Å²) in [5.74, 6) is -0.972. The molecule has 0 unspecified atom stereocenters. The Labute approximate surface area is 106 Å². The number of aliphatic carboxylic acids is 1. The third-order valence-corrected chi connectivity index (χ3v) is 2.93. The summed E-state index contributed by atoms with van der Waals surface area (Å²) in [6, 6.07) is 17.3. The Hall–Kier alpha value is -2.09. The fraction of sp³-hybridized carbons (Fsp3) is 0.188. The van der Waals surface area contributed by atoms with Crippen LogP contribution in [0.15, 0.2) is 48.5 Å². The van der Waals surface area contributed by atoms with Gasteiger partial charge in [0.25, 0.3) is 0 Å². The van der Waals surface area contributed by atoms with E-state index in [1.165, 1.54) is 21.5 Å². The lowest BCUT2D eigenvalue weighted by atomic mass is 10.00. The molecule has 0 spiro atoms. The molecule has 0 heterocycles. The molecule has 0 radical (unpaired) electrons. The van der Waals surface area contributed by atoms with Crippen molar-refractivity contribution in [3.63, 3.8) is 0 Å². The second-order valence-corrected chi connectivity index (χ2v) is 4.62. The van der Waals surface area contributed by atoms with E-state index in [9.17, 15) is 4.79 Å². The molecule has 2 nitrogen and oxygen atoms in total. The number of hydrogen-bond donors (Lipinski definition) is 1. The first-order valence-electron chi connectivity index (χ1n) is 6.02. The quantitative estimate of drug-likeness (QED) is 0.693. The molecule has 92 valence electrons. The lowest BCUT2D eigenvalue weighted by Gasteiger charge is -2.04. The number of carboxylic acid groups (broad SMARTS) is 1. The van der Waals surface area contributed by atoms with Crippen molar-refractivity contribution in [2.45, 2.75) is 13.8 Å². The number of benzene rings is 4. The summed E-state index contributed by atoms with van der Waals surface area (Å²) in [5, 5.41) is 13.4.